The second-order valence-electron chi connectivity index (χ2n) is 3.41. The Hall–Kier alpha value is -1.26. The molecule has 84 valence electrons. The number of hydrogen-bond donors (Lipinski definition) is 0. The number of halogens is 2. The SMILES string of the molecule is Cn1cnc(=O)n1Cc1ccc(Cl)c(Cl)c1. The van der Waals surface area contributed by atoms with Crippen molar-refractivity contribution in [2.75, 3.05) is 0 Å². The van der Waals surface area contributed by atoms with Crippen molar-refractivity contribution < 1.29 is 0 Å². The molecule has 0 saturated heterocycles. The van der Waals surface area contributed by atoms with E-state index in [0.29, 0.717) is 16.6 Å². The van der Waals surface area contributed by atoms with Gasteiger partial charge in [-0.2, -0.15) is 4.98 Å². The van der Waals surface area contributed by atoms with E-state index in [4.69, 9.17) is 23.2 Å². The first kappa shape index (κ1) is 11.2. The molecule has 4 nitrogen and oxygen atoms in total. The van der Waals surface area contributed by atoms with Gasteiger partial charge < -0.3 is 0 Å². The molecule has 6 heteroatoms. The molecule has 0 fully saturated rings. The second kappa shape index (κ2) is 4.31. The fourth-order valence-electron chi connectivity index (χ4n) is 1.39. The van der Waals surface area contributed by atoms with Gasteiger partial charge >= 0.3 is 5.69 Å². The first-order valence-electron chi connectivity index (χ1n) is 4.60. The van der Waals surface area contributed by atoms with Gasteiger partial charge in [0.05, 0.1) is 16.6 Å². The molecular weight excluding hydrogens is 249 g/mol. The molecule has 2 aromatic rings. The summed E-state index contributed by atoms with van der Waals surface area (Å²) in [6.45, 7) is 0.423. The summed E-state index contributed by atoms with van der Waals surface area (Å²) in [5.41, 5.74) is 0.619. The van der Waals surface area contributed by atoms with Crippen LogP contribution in [0.1, 0.15) is 5.56 Å². The molecule has 1 aromatic heterocycles. The van der Waals surface area contributed by atoms with Crippen LogP contribution in [0.3, 0.4) is 0 Å². The average Bonchev–Trinajstić information content (AvgIpc) is 2.55. The van der Waals surface area contributed by atoms with Crippen LogP contribution in [0.25, 0.3) is 0 Å². The topological polar surface area (TPSA) is 39.8 Å². The third kappa shape index (κ3) is 2.13. The molecule has 16 heavy (non-hydrogen) atoms. The molecule has 0 atom stereocenters. The molecule has 0 saturated carbocycles. The zero-order valence-corrected chi connectivity index (χ0v) is 10.0. The minimum absolute atomic E-state index is 0.284. The number of rotatable bonds is 2. The highest BCUT2D eigenvalue weighted by Crippen LogP contribution is 2.22. The number of benzene rings is 1. The van der Waals surface area contributed by atoms with Gasteiger partial charge in [-0.15, -0.1) is 0 Å². The molecule has 0 unspecified atom stereocenters. The lowest BCUT2D eigenvalue weighted by Gasteiger charge is -2.06. The lowest BCUT2D eigenvalue weighted by Crippen LogP contribution is -2.22. The predicted octanol–water partition coefficient (Wildman–Crippen LogP) is 1.94. The van der Waals surface area contributed by atoms with Crippen LogP contribution in [0.4, 0.5) is 0 Å². The van der Waals surface area contributed by atoms with E-state index in [1.807, 2.05) is 6.07 Å². The van der Waals surface area contributed by atoms with Crippen molar-refractivity contribution in [3.8, 4) is 0 Å². The van der Waals surface area contributed by atoms with Gasteiger partial charge in [0, 0.05) is 7.05 Å². The predicted molar refractivity (Wildman–Crippen MR) is 63.0 cm³/mol. The van der Waals surface area contributed by atoms with Gasteiger partial charge in [0.15, 0.2) is 0 Å². The Morgan fingerprint density at radius 3 is 2.62 bits per heavy atom. The van der Waals surface area contributed by atoms with Crippen LogP contribution in [-0.2, 0) is 13.6 Å². The lowest BCUT2D eigenvalue weighted by molar-refractivity contribution is 0.535. The van der Waals surface area contributed by atoms with Crippen molar-refractivity contribution in [1.29, 1.82) is 0 Å². The highest BCUT2D eigenvalue weighted by Gasteiger charge is 2.04. The second-order valence-corrected chi connectivity index (χ2v) is 4.22. The van der Waals surface area contributed by atoms with E-state index >= 15 is 0 Å². The van der Waals surface area contributed by atoms with E-state index < -0.39 is 0 Å². The summed E-state index contributed by atoms with van der Waals surface area (Å²) in [6, 6.07) is 5.28. The zero-order chi connectivity index (χ0) is 11.7. The Kier molecular flexibility index (Phi) is 3.03. The number of hydrogen-bond acceptors (Lipinski definition) is 2. The molecule has 0 amide bonds. The van der Waals surface area contributed by atoms with Crippen LogP contribution in [0.15, 0.2) is 29.3 Å². The van der Waals surface area contributed by atoms with E-state index in [1.165, 1.54) is 11.0 Å². The average molecular weight is 258 g/mol. The largest absolute Gasteiger partial charge is 0.364 e. The quantitative estimate of drug-likeness (QED) is 0.825. The lowest BCUT2D eigenvalue weighted by atomic mass is 10.2. The summed E-state index contributed by atoms with van der Waals surface area (Å²) in [7, 11) is 1.76. The summed E-state index contributed by atoms with van der Waals surface area (Å²) >= 11 is 11.7. The first-order chi connectivity index (χ1) is 7.58. The highest BCUT2D eigenvalue weighted by atomic mass is 35.5. The van der Waals surface area contributed by atoms with E-state index in [0.717, 1.165) is 5.56 Å². The summed E-state index contributed by atoms with van der Waals surface area (Å²) in [5, 5.41) is 0.983. The molecule has 0 spiro atoms. The van der Waals surface area contributed by atoms with Crippen LogP contribution < -0.4 is 5.69 Å². The molecular formula is C10H9Cl2N3O. The van der Waals surface area contributed by atoms with Crippen LogP contribution in [0.5, 0.6) is 0 Å². The third-order valence-electron chi connectivity index (χ3n) is 2.25. The summed E-state index contributed by atoms with van der Waals surface area (Å²) in [6.07, 6.45) is 1.47. The maximum absolute atomic E-state index is 11.4. The summed E-state index contributed by atoms with van der Waals surface area (Å²) in [4.78, 5) is 15.0. The van der Waals surface area contributed by atoms with E-state index in [1.54, 1.807) is 23.9 Å². The number of aromatic nitrogens is 3. The Morgan fingerprint density at radius 1 is 1.31 bits per heavy atom. The van der Waals surface area contributed by atoms with Gasteiger partial charge in [0.1, 0.15) is 6.33 Å². The van der Waals surface area contributed by atoms with Gasteiger partial charge in [-0.05, 0) is 17.7 Å². The van der Waals surface area contributed by atoms with Crippen molar-refractivity contribution in [3.63, 3.8) is 0 Å². The molecule has 0 N–H and O–H groups in total. The monoisotopic (exact) mass is 257 g/mol. The zero-order valence-electron chi connectivity index (χ0n) is 8.52. The van der Waals surface area contributed by atoms with Gasteiger partial charge in [-0.1, -0.05) is 29.3 Å². The molecule has 1 heterocycles. The number of aryl methyl sites for hydroxylation is 1. The van der Waals surface area contributed by atoms with Crippen molar-refractivity contribution in [3.05, 3.63) is 50.6 Å². The Bertz CT molecular complexity index is 574. The maximum Gasteiger partial charge on any atom is 0.364 e. The normalized spacial score (nSPS) is 10.7. The van der Waals surface area contributed by atoms with Crippen molar-refractivity contribution in [2.24, 2.45) is 7.05 Å². The fourth-order valence-corrected chi connectivity index (χ4v) is 1.71. The van der Waals surface area contributed by atoms with Gasteiger partial charge in [0.2, 0.25) is 0 Å². The Balaban J connectivity index is 2.34. The Labute approximate surface area is 102 Å². The molecule has 0 aliphatic heterocycles. The van der Waals surface area contributed by atoms with Crippen molar-refractivity contribution >= 4 is 23.2 Å². The van der Waals surface area contributed by atoms with Gasteiger partial charge in [-0.3, -0.25) is 4.68 Å². The molecule has 2 rings (SSSR count). The Morgan fingerprint density at radius 2 is 2.06 bits per heavy atom. The van der Waals surface area contributed by atoms with Crippen LogP contribution >= 0.6 is 23.2 Å². The number of nitrogens with zero attached hydrogens (tertiary/aromatic N) is 3. The minimum atomic E-state index is -0.284. The fraction of sp³-hybridized carbons (Fsp3) is 0.200. The maximum atomic E-state index is 11.4. The van der Waals surface area contributed by atoms with E-state index in [9.17, 15) is 4.79 Å². The summed E-state index contributed by atoms with van der Waals surface area (Å²) in [5.74, 6) is 0. The van der Waals surface area contributed by atoms with Gasteiger partial charge in [-0.25, -0.2) is 9.48 Å². The summed E-state index contributed by atoms with van der Waals surface area (Å²) < 4.78 is 3.13. The molecule has 1 aromatic carbocycles. The molecule has 0 aliphatic carbocycles. The van der Waals surface area contributed by atoms with Crippen molar-refractivity contribution in [2.45, 2.75) is 6.54 Å². The minimum Gasteiger partial charge on any atom is -0.273 e. The van der Waals surface area contributed by atoms with Gasteiger partial charge in [0.25, 0.3) is 0 Å². The smallest absolute Gasteiger partial charge is 0.273 e. The highest BCUT2D eigenvalue weighted by molar-refractivity contribution is 6.42. The van der Waals surface area contributed by atoms with Crippen LogP contribution in [0.2, 0.25) is 10.0 Å². The standard InChI is InChI=1S/C10H9Cl2N3O/c1-14-6-13-10(16)15(14)5-7-2-3-8(11)9(12)4-7/h2-4,6H,5H2,1H3. The molecule has 0 radical (unpaired) electrons. The first-order valence-corrected chi connectivity index (χ1v) is 5.36. The van der Waals surface area contributed by atoms with E-state index in [2.05, 4.69) is 4.98 Å². The third-order valence-corrected chi connectivity index (χ3v) is 2.99. The van der Waals surface area contributed by atoms with E-state index in [-0.39, 0.29) is 5.69 Å². The molecule has 0 aliphatic rings. The van der Waals surface area contributed by atoms with Crippen molar-refractivity contribution in [1.82, 2.24) is 14.3 Å². The van der Waals surface area contributed by atoms with Crippen LogP contribution in [-0.4, -0.2) is 14.3 Å². The molecule has 0 bridgehead atoms. The van der Waals surface area contributed by atoms with Crippen LogP contribution in [0, 0.1) is 0 Å².